The molecule has 24 heavy (non-hydrogen) atoms. The van der Waals surface area contributed by atoms with Crippen LogP contribution >= 0.6 is 22.7 Å². The maximum absolute atomic E-state index is 12.5. The number of nitrogens with one attached hydrogen (secondary N) is 1. The van der Waals surface area contributed by atoms with Crippen molar-refractivity contribution in [3.8, 4) is 11.3 Å². The number of rotatable bonds is 3. The normalized spacial score (nSPS) is 14.0. The first-order valence-corrected chi connectivity index (χ1v) is 9.93. The van der Waals surface area contributed by atoms with E-state index in [9.17, 15) is 4.79 Å². The van der Waals surface area contributed by atoms with Crippen LogP contribution in [0.25, 0.3) is 11.3 Å². The molecule has 0 atom stereocenters. The third-order valence-corrected chi connectivity index (χ3v) is 6.26. The first-order valence-electron chi connectivity index (χ1n) is 8.23. The van der Waals surface area contributed by atoms with Crippen molar-refractivity contribution in [3.63, 3.8) is 0 Å². The second-order valence-corrected chi connectivity index (χ2v) is 7.97. The minimum atomic E-state index is -0.0398. The zero-order valence-corrected chi connectivity index (χ0v) is 14.9. The van der Waals surface area contributed by atoms with Crippen molar-refractivity contribution >= 4 is 33.7 Å². The molecule has 0 unspecified atom stereocenters. The van der Waals surface area contributed by atoms with E-state index in [0.717, 1.165) is 29.0 Å². The number of aryl methyl sites for hydroxylation is 2. The van der Waals surface area contributed by atoms with Gasteiger partial charge in [-0.25, -0.2) is 4.98 Å². The van der Waals surface area contributed by atoms with Gasteiger partial charge in [0, 0.05) is 15.8 Å². The zero-order valence-electron chi connectivity index (χ0n) is 13.2. The van der Waals surface area contributed by atoms with Gasteiger partial charge in [0.2, 0.25) is 0 Å². The molecule has 0 bridgehead atoms. The standard InChI is InChI=1S/C19H18N2OS2/c22-18(17-11-14-9-5-2-6-10-16(14)24-17)21-19-20-15(12-23-19)13-7-3-1-4-8-13/h1,3-4,7-8,11-12H,2,5-6,9-10H2,(H,20,21,22). The van der Waals surface area contributed by atoms with E-state index in [1.54, 1.807) is 11.3 Å². The van der Waals surface area contributed by atoms with E-state index >= 15 is 0 Å². The van der Waals surface area contributed by atoms with Crippen LogP contribution in [-0.4, -0.2) is 10.9 Å². The Morgan fingerprint density at radius 2 is 1.92 bits per heavy atom. The summed E-state index contributed by atoms with van der Waals surface area (Å²) in [7, 11) is 0. The minimum Gasteiger partial charge on any atom is -0.297 e. The van der Waals surface area contributed by atoms with Crippen molar-refractivity contribution in [2.24, 2.45) is 0 Å². The summed E-state index contributed by atoms with van der Waals surface area (Å²) in [6, 6.07) is 12.1. The number of carbonyl (C=O) groups excluding carboxylic acids is 1. The number of nitrogens with zero attached hydrogens (tertiary/aromatic N) is 1. The van der Waals surface area contributed by atoms with Gasteiger partial charge in [0.1, 0.15) is 0 Å². The van der Waals surface area contributed by atoms with Gasteiger partial charge >= 0.3 is 0 Å². The minimum absolute atomic E-state index is 0.0398. The Bertz CT molecular complexity index is 828. The molecule has 0 aliphatic heterocycles. The van der Waals surface area contributed by atoms with Gasteiger partial charge in [-0.05, 0) is 37.3 Å². The summed E-state index contributed by atoms with van der Waals surface area (Å²) in [5.41, 5.74) is 3.33. The van der Waals surface area contributed by atoms with Crippen LogP contribution in [0.2, 0.25) is 0 Å². The average Bonchev–Trinajstić information content (AvgIpc) is 3.18. The van der Waals surface area contributed by atoms with Crippen molar-refractivity contribution in [1.29, 1.82) is 0 Å². The number of benzene rings is 1. The Morgan fingerprint density at radius 1 is 1.08 bits per heavy atom. The molecule has 1 aromatic carbocycles. The molecule has 3 aromatic rings. The first kappa shape index (κ1) is 15.5. The summed E-state index contributed by atoms with van der Waals surface area (Å²) >= 11 is 3.11. The summed E-state index contributed by atoms with van der Waals surface area (Å²) < 4.78 is 0. The van der Waals surface area contributed by atoms with Crippen LogP contribution < -0.4 is 5.32 Å². The predicted octanol–water partition coefficient (Wildman–Crippen LogP) is 5.39. The molecule has 1 N–H and O–H groups in total. The van der Waals surface area contributed by atoms with Gasteiger partial charge in [0.05, 0.1) is 10.6 Å². The zero-order chi connectivity index (χ0) is 16.4. The van der Waals surface area contributed by atoms with Crippen LogP contribution in [0.1, 0.15) is 39.4 Å². The molecule has 0 saturated heterocycles. The monoisotopic (exact) mass is 354 g/mol. The third kappa shape index (κ3) is 3.28. The van der Waals surface area contributed by atoms with Crippen molar-refractivity contribution < 1.29 is 4.79 Å². The van der Waals surface area contributed by atoms with Crippen LogP contribution in [0.3, 0.4) is 0 Å². The third-order valence-electron chi connectivity index (χ3n) is 4.26. The van der Waals surface area contributed by atoms with Crippen LogP contribution in [-0.2, 0) is 12.8 Å². The van der Waals surface area contributed by atoms with Crippen LogP contribution in [0.4, 0.5) is 5.13 Å². The summed E-state index contributed by atoms with van der Waals surface area (Å²) in [5.74, 6) is -0.0398. The van der Waals surface area contributed by atoms with Gasteiger partial charge in [-0.15, -0.1) is 22.7 Å². The molecule has 0 radical (unpaired) electrons. The highest BCUT2D eigenvalue weighted by Crippen LogP contribution is 2.30. The molecule has 5 heteroatoms. The number of hydrogen-bond donors (Lipinski definition) is 1. The number of hydrogen-bond acceptors (Lipinski definition) is 4. The highest BCUT2D eigenvalue weighted by Gasteiger charge is 2.17. The lowest BCUT2D eigenvalue weighted by atomic mass is 10.1. The van der Waals surface area contributed by atoms with E-state index in [0.29, 0.717) is 5.13 Å². The quantitative estimate of drug-likeness (QED) is 0.641. The summed E-state index contributed by atoms with van der Waals surface area (Å²) in [6.45, 7) is 0. The van der Waals surface area contributed by atoms with Gasteiger partial charge in [0.25, 0.3) is 5.91 Å². The van der Waals surface area contributed by atoms with Crippen molar-refractivity contribution in [2.75, 3.05) is 5.32 Å². The molecular formula is C19H18N2OS2. The maximum atomic E-state index is 12.5. The second-order valence-electron chi connectivity index (χ2n) is 5.98. The van der Waals surface area contributed by atoms with Gasteiger partial charge < -0.3 is 0 Å². The van der Waals surface area contributed by atoms with E-state index < -0.39 is 0 Å². The van der Waals surface area contributed by atoms with Crippen LogP contribution in [0, 0.1) is 0 Å². The van der Waals surface area contributed by atoms with Gasteiger partial charge in [-0.3, -0.25) is 10.1 Å². The summed E-state index contributed by atoms with van der Waals surface area (Å²) in [4.78, 5) is 19.3. The topological polar surface area (TPSA) is 42.0 Å². The number of thiophene rings is 1. The molecule has 3 nitrogen and oxygen atoms in total. The average molecular weight is 355 g/mol. The molecule has 0 fully saturated rings. The molecule has 2 heterocycles. The number of anilines is 1. The highest BCUT2D eigenvalue weighted by atomic mass is 32.1. The van der Waals surface area contributed by atoms with Gasteiger partial charge in [-0.1, -0.05) is 36.8 Å². The molecule has 0 saturated carbocycles. The second kappa shape index (κ2) is 6.87. The molecule has 2 aromatic heterocycles. The molecular weight excluding hydrogens is 336 g/mol. The Morgan fingerprint density at radius 3 is 2.79 bits per heavy atom. The summed E-state index contributed by atoms with van der Waals surface area (Å²) in [5, 5.41) is 5.59. The lowest BCUT2D eigenvalue weighted by Gasteiger charge is -1.99. The Balaban J connectivity index is 1.50. The fourth-order valence-electron chi connectivity index (χ4n) is 3.01. The molecule has 1 aliphatic carbocycles. The Kier molecular flexibility index (Phi) is 4.45. The van der Waals surface area contributed by atoms with E-state index in [1.807, 2.05) is 35.7 Å². The number of amides is 1. The SMILES string of the molecule is O=C(Nc1nc(-c2ccccc2)cs1)c1cc2c(s1)CCCCC2. The summed E-state index contributed by atoms with van der Waals surface area (Å²) in [6.07, 6.45) is 5.99. The van der Waals surface area contributed by atoms with Gasteiger partial charge in [-0.2, -0.15) is 0 Å². The predicted molar refractivity (Wildman–Crippen MR) is 101 cm³/mol. The van der Waals surface area contributed by atoms with Crippen molar-refractivity contribution in [2.45, 2.75) is 32.1 Å². The fraction of sp³-hybridized carbons (Fsp3) is 0.263. The Labute approximate surface area is 149 Å². The lowest BCUT2D eigenvalue weighted by Crippen LogP contribution is -2.09. The van der Waals surface area contributed by atoms with Crippen LogP contribution in [0.5, 0.6) is 0 Å². The van der Waals surface area contributed by atoms with Crippen LogP contribution in [0.15, 0.2) is 41.8 Å². The van der Waals surface area contributed by atoms with E-state index in [2.05, 4.69) is 16.4 Å². The van der Waals surface area contributed by atoms with E-state index in [4.69, 9.17) is 0 Å². The molecule has 4 rings (SSSR count). The first-order chi connectivity index (χ1) is 11.8. The van der Waals surface area contributed by atoms with Gasteiger partial charge in [0.15, 0.2) is 5.13 Å². The lowest BCUT2D eigenvalue weighted by molar-refractivity contribution is 0.103. The Hall–Kier alpha value is -1.98. The van der Waals surface area contributed by atoms with E-state index in [-0.39, 0.29) is 5.91 Å². The smallest absolute Gasteiger partial charge is 0.267 e. The molecule has 122 valence electrons. The van der Waals surface area contributed by atoms with Crippen molar-refractivity contribution in [1.82, 2.24) is 4.98 Å². The number of thiazole rings is 1. The maximum Gasteiger partial charge on any atom is 0.267 e. The number of fused-ring (bicyclic) bond motifs is 1. The van der Waals surface area contributed by atoms with Crippen molar-refractivity contribution in [3.05, 3.63) is 57.1 Å². The number of carbonyl (C=O) groups is 1. The fourth-order valence-corrected chi connectivity index (χ4v) is 4.87. The molecule has 0 spiro atoms. The molecule has 1 amide bonds. The molecule has 1 aliphatic rings. The largest absolute Gasteiger partial charge is 0.297 e. The number of aromatic nitrogens is 1. The van der Waals surface area contributed by atoms with E-state index in [1.165, 1.54) is 41.0 Å². The highest BCUT2D eigenvalue weighted by molar-refractivity contribution is 7.15.